The molecule has 0 aliphatic carbocycles. The zero-order chi connectivity index (χ0) is 8.62. The second kappa shape index (κ2) is 7.26. The Bertz CT molecular complexity index is 95.2. The third-order valence-corrected chi connectivity index (χ3v) is 1.99. The predicted molar refractivity (Wildman–Crippen MR) is 43.5 cm³/mol. The van der Waals surface area contributed by atoms with Crippen molar-refractivity contribution in [1.29, 1.82) is 0 Å². The van der Waals surface area contributed by atoms with Gasteiger partial charge in [0.2, 0.25) is 0 Å². The molecule has 0 saturated carbocycles. The van der Waals surface area contributed by atoms with E-state index in [1.165, 1.54) is 27.3 Å². The van der Waals surface area contributed by atoms with Gasteiger partial charge in [-0.3, -0.25) is 4.57 Å². The summed E-state index contributed by atoms with van der Waals surface area (Å²) in [6, 6.07) is 0. The minimum Gasteiger partial charge on any atom is -0.312 e. The van der Waals surface area contributed by atoms with E-state index in [9.17, 15) is 4.57 Å². The Morgan fingerprint density at radius 2 is 1.40 bits per heavy atom. The van der Waals surface area contributed by atoms with Gasteiger partial charge in [-0.1, -0.05) is 20.3 Å². The van der Waals surface area contributed by atoms with Crippen LogP contribution in [0.2, 0.25) is 0 Å². The van der Waals surface area contributed by atoms with Crippen LogP contribution < -0.4 is 0 Å². The highest BCUT2D eigenvalue weighted by atomic mass is 31.2. The maximum Gasteiger partial charge on any atom is 0.327 e. The topological polar surface area (TPSA) is 35.5 Å². The molecule has 0 heterocycles. The van der Waals surface area contributed by atoms with Crippen LogP contribution in [0, 0.1) is 0 Å². The van der Waals surface area contributed by atoms with E-state index >= 15 is 0 Å². The highest BCUT2D eigenvalue weighted by Crippen LogP contribution is 2.40. The standard InChI is InChI=1S/C3H9O3P.C3H8/c1-5-7(3,4)6-2;1-3-2/h1-3H3;3H2,1-2H3. The Balaban J connectivity index is 0. The van der Waals surface area contributed by atoms with Crippen molar-refractivity contribution in [2.75, 3.05) is 20.9 Å². The molecule has 0 spiro atoms. The third-order valence-electron chi connectivity index (χ3n) is 0.663. The molecule has 0 amide bonds. The van der Waals surface area contributed by atoms with Gasteiger partial charge in [-0.05, 0) is 0 Å². The van der Waals surface area contributed by atoms with Gasteiger partial charge in [0, 0.05) is 20.9 Å². The second-order valence-electron chi connectivity index (χ2n) is 1.84. The highest BCUT2D eigenvalue weighted by molar-refractivity contribution is 7.52. The Labute approximate surface area is 63.3 Å². The fourth-order valence-electron chi connectivity index (χ4n) is 0.0745. The zero-order valence-electron chi connectivity index (χ0n) is 7.38. The molecule has 0 aromatic rings. The first-order valence-corrected chi connectivity index (χ1v) is 5.22. The number of hydrogen-bond acceptors (Lipinski definition) is 3. The number of hydrogen-bond donors (Lipinski definition) is 0. The zero-order valence-corrected chi connectivity index (χ0v) is 8.27. The Kier molecular flexibility index (Phi) is 9.29. The first-order valence-electron chi connectivity index (χ1n) is 3.23. The summed E-state index contributed by atoms with van der Waals surface area (Å²) in [4.78, 5) is 0. The smallest absolute Gasteiger partial charge is 0.312 e. The van der Waals surface area contributed by atoms with Gasteiger partial charge in [-0.25, -0.2) is 0 Å². The molecule has 10 heavy (non-hydrogen) atoms. The molecular weight excluding hydrogens is 151 g/mol. The summed E-state index contributed by atoms with van der Waals surface area (Å²) in [5.74, 6) is 0. The largest absolute Gasteiger partial charge is 0.327 e. The van der Waals surface area contributed by atoms with Crippen molar-refractivity contribution in [3.63, 3.8) is 0 Å². The van der Waals surface area contributed by atoms with E-state index in [2.05, 4.69) is 22.9 Å². The van der Waals surface area contributed by atoms with E-state index in [4.69, 9.17) is 0 Å². The molecule has 0 aliphatic heterocycles. The van der Waals surface area contributed by atoms with Crippen molar-refractivity contribution < 1.29 is 13.6 Å². The van der Waals surface area contributed by atoms with Crippen LogP contribution >= 0.6 is 7.60 Å². The SMILES string of the molecule is CCC.COP(C)(=O)OC. The molecule has 0 unspecified atom stereocenters. The first kappa shape index (κ1) is 12.8. The lowest BCUT2D eigenvalue weighted by atomic mass is 10.6. The van der Waals surface area contributed by atoms with Crippen LogP contribution in [-0.4, -0.2) is 20.9 Å². The van der Waals surface area contributed by atoms with E-state index < -0.39 is 7.60 Å². The molecule has 0 aromatic carbocycles. The lowest BCUT2D eigenvalue weighted by Crippen LogP contribution is -1.82. The average molecular weight is 168 g/mol. The lowest BCUT2D eigenvalue weighted by Gasteiger charge is -2.04. The summed E-state index contributed by atoms with van der Waals surface area (Å²) in [6.45, 7) is 5.66. The second-order valence-corrected chi connectivity index (χ2v) is 4.12. The summed E-state index contributed by atoms with van der Waals surface area (Å²) < 4.78 is 19.3. The maximum absolute atomic E-state index is 10.5. The molecular formula is C6H17O3P. The van der Waals surface area contributed by atoms with Gasteiger partial charge in [0.1, 0.15) is 0 Å². The van der Waals surface area contributed by atoms with Gasteiger partial charge >= 0.3 is 7.60 Å². The molecule has 0 rings (SSSR count). The molecule has 3 nitrogen and oxygen atoms in total. The molecule has 64 valence electrons. The van der Waals surface area contributed by atoms with Crippen LogP contribution in [-0.2, 0) is 13.6 Å². The molecule has 0 radical (unpaired) electrons. The van der Waals surface area contributed by atoms with E-state index in [-0.39, 0.29) is 0 Å². The number of rotatable bonds is 2. The minimum absolute atomic E-state index is 1.25. The van der Waals surface area contributed by atoms with E-state index in [1.54, 1.807) is 0 Å². The van der Waals surface area contributed by atoms with Crippen molar-refractivity contribution in [3.8, 4) is 0 Å². The fourth-order valence-corrected chi connectivity index (χ4v) is 0.224. The van der Waals surface area contributed by atoms with Crippen molar-refractivity contribution in [3.05, 3.63) is 0 Å². The van der Waals surface area contributed by atoms with Crippen molar-refractivity contribution in [1.82, 2.24) is 0 Å². The molecule has 4 heteroatoms. The van der Waals surface area contributed by atoms with Crippen LogP contribution in [0.4, 0.5) is 0 Å². The monoisotopic (exact) mass is 168 g/mol. The maximum atomic E-state index is 10.5. The summed E-state index contributed by atoms with van der Waals surface area (Å²) >= 11 is 0. The Morgan fingerprint density at radius 3 is 1.40 bits per heavy atom. The van der Waals surface area contributed by atoms with Crippen LogP contribution in [0.5, 0.6) is 0 Å². The summed E-state index contributed by atoms with van der Waals surface area (Å²) in [5, 5.41) is 0. The Hall–Kier alpha value is 0.150. The van der Waals surface area contributed by atoms with Gasteiger partial charge in [0.15, 0.2) is 0 Å². The van der Waals surface area contributed by atoms with E-state index in [1.807, 2.05) is 0 Å². The van der Waals surface area contributed by atoms with Crippen molar-refractivity contribution in [2.24, 2.45) is 0 Å². The van der Waals surface area contributed by atoms with Crippen LogP contribution in [0.1, 0.15) is 20.3 Å². The molecule has 0 bridgehead atoms. The molecule has 0 atom stereocenters. The molecule has 0 aromatic heterocycles. The fraction of sp³-hybridized carbons (Fsp3) is 1.00. The molecule has 0 aliphatic rings. The molecule has 0 fully saturated rings. The van der Waals surface area contributed by atoms with Gasteiger partial charge < -0.3 is 9.05 Å². The Morgan fingerprint density at radius 1 is 1.20 bits per heavy atom. The quantitative estimate of drug-likeness (QED) is 0.594. The minimum atomic E-state index is -2.65. The third kappa shape index (κ3) is 11.0. The predicted octanol–water partition coefficient (Wildman–Crippen LogP) is 2.52. The van der Waals surface area contributed by atoms with Crippen molar-refractivity contribution >= 4 is 7.60 Å². The van der Waals surface area contributed by atoms with Gasteiger partial charge in [-0.2, -0.15) is 0 Å². The van der Waals surface area contributed by atoms with Crippen LogP contribution in [0.15, 0.2) is 0 Å². The summed E-state index contributed by atoms with van der Waals surface area (Å²) in [5.41, 5.74) is 0. The molecule has 0 N–H and O–H groups in total. The average Bonchev–Trinajstić information content (AvgIpc) is 1.90. The summed E-state index contributed by atoms with van der Waals surface area (Å²) in [6.07, 6.45) is 1.25. The van der Waals surface area contributed by atoms with E-state index in [0.29, 0.717) is 0 Å². The van der Waals surface area contributed by atoms with Crippen LogP contribution in [0.3, 0.4) is 0 Å². The lowest BCUT2D eigenvalue weighted by molar-refractivity contribution is 0.282. The van der Waals surface area contributed by atoms with Gasteiger partial charge in [0.25, 0.3) is 0 Å². The normalized spacial score (nSPS) is 10.1. The van der Waals surface area contributed by atoms with Gasteiger partial charge in [-0.15, -0.1) is 0 Å². The first-order chi connectivity index (χ1) is 4.54. The van der Waals surface area contributed by atoms with Crippen molar-refractivity contribution in [2.45, 2.75) is 20.3 Å². The van der Waals surface area contributed by atoms with E-state index in [0.717, 1.165) is 0 Å². The highest BCUT2D eigenvalue weighted by Gasteiger charge is 2.08. The van der Waals surface area contributed by atoms with Crippen LogP contribution in [0.25, 0.3) is 0 Å². The summed E-state index contributed by atoms with van der Waals surface area (Å²) in [7, 11) is 0.0486. The molecule has 0 saturated heterocycles. The van der Waals surface area contributed by atoms with Gasteiger partial charge in [0.05, 0.1) is 0 Å².